The molecule has 30 heavy (non-hydrogen) atoms. The van der Waals surface area contributed by atoms with Crippen LogP contribution < -0.4 is 4.90 Å². The molecule has 2 saturated heterocycles. The maximum absolute atomic E-state index is 13.0. The molecule has 0 aliphatic carbocycles. The zero-order valence-electron chi connectivity index (χ0n) is 16.1. The molecule has 1 aromatic carbocycles. The smallest absolute Gasteiger partial charge is 0.337 e. The minimum Gasteiger partial charge on any atom is -0.337 e. The number of rotatable bonds is 3. The summed E-state index contributed by atoms with van der Waals surface area (Å²) >= 11 is 1.51. The predicted octanol–water partition coefficient (Wildman–Crippen LogP) is 3.12. The molecule has 0 spiro atoms. The monoisotopic (exact) mass is 438 g/mol. The molecule has 0 radical (unpaired) electrons. The third-order valence-electron chi connectivity index (χ3n) is 5.54. The van der Waals surface area contributed by atoms with Crippen molar-refractivity contribution in [3.63, 3.8) is 0 Å². The van der Waals surface area contributed by atoms with E-state index in [0.29, 0.717) is 26.2 Å². The van der Waals surface area contributed by atoms with Gasteiger partial charge in [-0.25, -0.2) is 4.98 Å². The molecular formula is C20H21F3N4O2S. The maximum atomic E-state index is 13.0. The summed E-state index contributed by atoms with van der Waals surface area (Å²) in [6.07, 6.45) is -0.989. The molecule has 6 nitrogen and oxygen atoms in total. The Morgan fingerprint density at radius 1 is 1.00 bits per heavy atom. The van der Waals surface area contributed by atoms with E-state index < -0.39 is 11.7 Å². The quantitative estimate of drug-likeness (QED) is 0.739. The number of carbonyl (C=O) groups is 2. The van der Waals surface area contributed by atoms with Crippen molar-refractivity contribution in [1.82, 2.24) is 14.8 Å². The molecule has 3 heterocycles. The molecule has 1 atom stereocenters. The fourth-order valence-corrected chi connectivity index (χ4v) is 4.65. The summed E-state index contributed by atoms with van der Waals surface area (Å²) in [6, 6.07) is 4.01. The lowest BCUT2D eigenvalue weighted by Crippen LogP contribution is -2.54. The summed E-state index contributed by atoms with van der Waals surface area (Å²) < 4.78 is 38.1. The van der Waals surface area contributed by atoms with E-state index in [1.54, 1.807) is 16.0 Å². The van der Waals surface area contributed by atoms with Crippen LogP contribution >= 0.6 is 11.3 Å². The Morgan fingerprint density at radius 2 is 1.67 bits per heavy atom. The molecule has 1 aromatic heterocycles. The molecule has 10 heteroatoms. The second kappa shape index (κ2) is 8.25. The van der Waals surface area contributed by atoms with Crippen LogP contribution in [0, 0.1) is 0 Å². The molecule has 2 amide bonds. The average Bonchev–Trinajstić information content (AvgIpc) is 3.44. The molecular weight excluding hydrogens is 417 g/mol. The Hall–Kier alpha value is -2.62. The molecule has 1 unspecified atom stereocenters. The largest absolute Gasteiger partial charge is 0.416 e. The number of piperazine rings is 1. The molecule has 4 rings (SSSR count). The van der Waals surface area contributed by atoms with Gasteiger partial charge in [0.2, 0.25) is 5.91 Å². The fourth-order valence-electron chi connectivity index (χ4n) is 3.94. The van der Waals surface area contributed by atoms with Gasteiger partial charge in [-0.05, 0) is 37.1 Å². The molecule has 2 aromatic rings. The zero-order chi connectivity index (χ0) is 21.3. The highest BCUT2D eigenvalue weighted by Gasteiger charge is 2.36. The number of anilines is 1. The first-order valence-corrected chi connectivity index (χ1v) is 10.6. The van der Waals surface area contributed by atoms with Gasteiger partial charge in [0.25, 0.3) is 5.91 Å². The average molecular weight is 438 g/mol. The Morgan fingerprint density at radius 3 is 2.27 bits per heavy atom. The molecule has 2 fully saturated rings. The van der Waals surface area contributed by atoms with Gasteiger partial charge < -0.3 is 14.7 Å². The lowest BCUT2D eigenvalue weighted by Gasteiger charge is -2.37. The van der Waals surface area contributed by atoms with Gasteiger partial charge in [0.1, 0.15) is 6.04 Å². The highest BCUT2D eigenvalue weighted by molar-refractivity contribution is 7.13. The van der Waals surface area contributed by atoms with Crippen LogP contribution in [0.25, 0.3) is 0 Å². The van der Waals surface area contributed by atoms with Gasteiger partial charge in [-0.1, -0.05) is 0 Å². The second-order valence-corrected chi connectivity index (χ2v) is 8.23. The van der Waals surface area contributed by atoms with Gasteiger partial charge in [0.05, 0.1) is 5.56 Å². The van der Waals surface area contributed by atoms with Crippen molar-refractivity contribution in [1.29, 1.82) is 0 Å². The van der Waals surface area contributed by atoms with Crippen LogP contribution in [0.15, 0.2) is 35.8 Å². The summed E-state index contributed by atoms with van der Waals surface area (Å²) in [4.78, 5) is 35.4. The number of halogens is 3. The van der Waals surface area contributed by atoms with Crippen LogP contribution in [-0.4, -0.2) is 65.4 Å². The second-order valence-electron chi connectivity index (χ2n) is 7.36. The van der Waals surface area contributed by atoms with E-state index >= 15 is 0 Å². The number of alkyl halides is 3. The maximum Gasteiger partial charge on any atom is 0.416 e. The standard InChI is InChI=1S/C20H21F3N4O2S/c21-20(22,23)15-5-3-14(4-6-15)17(28)25-9-11-26(12-10-25)18(29)16-2-1-8-27(16)19-24-7-13-30-19/h3-7,13,16H,1-2,8-12H2. The molecule has 0 bridgehead atoms. The highest BCUT2D eigenvalue weighted by atomic mass is 32.1. The summed E-state index contributed by atoms with van der Waals surface area (Å²) in [5.74, 6) is -0.273. The first kappa shape index (κ1) is 20.6. The molecule has 0 N–H and O–H groups in total. The number of hydrogen-bond acceptors (Lipinski definition) is 5. The van der Waals surface area contributed by atoms with Gasteiger partial charge in [0.15, 0.2) is 5.13 Å². The normalized spacial score (nSPS) is 20.0. The number of hydrogen-bond donors (Lipinski definition) is 0. The van der Waals surface area contributed by atoms with Crippen LogP contribution in [0.3, 0.4) is 0 Å². The lowest BCUT2D eigenvalue weighted by molar-refractivity contribution is -0.137. The molecule has 2 aliphatic heterocycles. The van der Waals surface area contributed by atoms with Crippen LogP contribution in [0.5, 0.6) is 0 Å². The Kier molecular flexibility index (Phi) is 5.68. The number of benzene rings is 1. The molecule has 0 saturated carbocycles. The minimum atomic E-state index is -4.43. The summed E-state index contributed by atoms with van der Waals surface area (Å²) in [5, 5.41) is 2.74. The first-order chi connectivity index (χ1) is 14.3. The first-order valence-electron chi connectivity index (χ1n) is 9.76. The van der Waals surface area contributed by atoms with Gasteiger partial charge >= 0.3 is 6.18 Å². The van der Waals surface area contributed by atoms with Crippen molar-refractivity contribution in [2.24, 2.45) is 0 Å². The topological polar surface area (TPSA) is 56.8 Å². The third kappa shape index (κ3) is 4.14. The van der Waals surface area contributed by atoms with E-state index in [9.17, 15) is 22.8 Å². The molecule has 2 aliphatic rings. The van der Waals surface area contributed by atoms with Crippen molar-refractivity contribution in [2.75, 3.05) is 37.6 Å². The third-order valence-corrected chi connectivity index (χ3v) is 6.35. The van der Waals surface area contributed by atoms with Crippen LogP contribution in [0.1, 0.15) is 28.8 Å². The Balaban J connectivity index is 1.35. The number of thiazole rings is 1. The number of nitrogens with zero attached hydrogens (tertiary/aromatic N) is 4. The highest BCUT2D eigenvalue weighted by Crippen LogP contribution is 2.30. The van der Waals surface area contributed by atoms with Crippen LogP contribution in [0.4, 0.5) is 18.3 Å². The van der Waals surface area contributed by atoms with E-state index in [2.05, 4.69) is 4.98 Å². The van der Waals surface area contributed by atoms with E-state index in [0.717, 1.165) is 36.7 Å². The minimum absolute atomic E-state index is 0.0457. The predicted molar refractivity (Wildman–Crippen MR) is 106 cm³/mol. The lowest BCUT2D eigenvalue weighted by atomic mass is 10.1. The van der Waals surface area contributed by atoms with Crippen molar-refractivity contribution in [3.05, 3.63) is 47.0 Å². The number of carbonyl (C=O) groups excluding carboxylic acids is 2. The van der Waals surface area contributed by atoms with Crippen molar-refractivity contribution < 1.29 is 22.8 Å². The number of amides is 2. The van der Waals surface area contributed by atoms with Gasteiger partial charge in [0, 0.05) is 49.9 Å². The van der Waals surface area contributed by atoms with E-state index in [-0.39, 0.29) is 23.4 Å². The van der Waals surface area contributed by atoms with Crippen LogP contribution in [-0.2, 0) is 11.0 Å². The Bertz CT molecular complexity index is 894. The SMILES string of the molecule is O=C(c1ccc(C(F)(F)F)cc1)N1CCN(C(=O)C2CCCN2c2nccs2)CC1. The van der Waals surface area contributed by atoms with Gasteiger partial charge in [-0.2, -0.15) is 13.2 Å². The van der Waals surface area contributed by atoms with Crippen molar-refractivity contribution in [3.8, 4) is 0 Å². The number of aromatic nitrogens is 1. The van der Waals surface area contributed by atoms with Gasteiger partial charge in [-0.15, -0.1) is 11.3 Å². The summed E-state index contributed by atoms with van der Waals surface area (Å²) in [6.45, 7) is 2.34. The van der Waals surface area contributed by atoms with E-state index in [1.165, 1.54) is 23.5 Å². The zero-order valence-corrected chi connectivity index (χ0v) is 17.0. The van der Waals surface area contributed by atoms with E-state index in [4.69, 9.17) is 0 Å². The Labute approximate surface area is 175 Å². The van der Waals surface area contributed by atoms with Crippen molar-refractivity contribution in [2.45, 2.75) is 25.1 Å². The van der Waals surface area contributed by atoms with Crippen LogP contribution in [0.2, 0.25) is 0 Å². The summed E-state index contributed by atoms with van der Waals surface area (Å²) in [7, 11) is 0. The van der Waals surface area contributed by atoms with Gasteiger partial charge in [-0.3, -0.25) is 9.59 Å². The van der Waals surface area contributed by atoms with Crippen molar-refractivity contribution >= 4 is 28.3 Å². The van der Waals surface area contributed by atoms with E-state index in [1.807, 2.05) is 10.3 Å². The molecule has 160 valence electrons. The fraction of sp³-hybridized carbons (Fsp3) is 0.450. The summed E-state index contributed by atoms with van der Waals surface area (Å²) in [5.41, 5.74) is -0.565.